The van der Waals surface area contributed by atoms with Crippen molar-refractivity contribution in [3.05, 3.63) is 48.6 Å². The van der Waals surface area contributed by atoms with E-state index in [1.165, 1.54) is 0 Å². The molecule has 1 aromatic rings. The lowest BCUT2D eigenvalue weighted by atomic mass is 10.0. The van der Waals surface area contributed by atoms with Gasteiger partial charge < -0.3 is 4.74 Å². The van der Waals surface area contributed by atoms with E-state index >= 15 is 0 Å². The lowest BCUT2D eigenvalue weighted by Gasteiger charge is -2.35. The van der Waals surface area contributed by atoms with Gasteiger partial charge in [0.2, 0.25) is 0 Å². The second kappa shape index (κ2) is 7.22. The summed E-state index contributed by atoms with van der Waals surface area (Å²) < 4.78 is 5.51. The highest BCUT2D eigenvalue weighted by Gasteiger charge is 2.25. The Balaban J connectivity index is 1.95. The predicted molar refractivity (Wildman–Crippen MR) is 76.4 cm³/mol. The van der Waals surface area contributed by atoms with Gasteiger partial charge in [-0.3, -0.25) is 9.69 Å². The molecule has 1 aliphatic heterocycles. The van der Waals surface area contributed by atoms with Gasteiger partial charge in [-0.1, -0.05) is 36.4 Å². The molecular weight excluding hydrogens is 238 g/mol. The Morgan fingerprint density at radius 2 is 2.21 bits per heavy atom. The largest absolute Gasteiger partial charge is 0.378 e. The highest BCUT2D eigenvalue weighted by atomic mass is 16.5. The Kier molecular flexibility index (Phi) is 5.31. The van der Waals surface area contributed by atoms with Gasteiger partial charge >= 0.3 is 0 Å². The minimum atomic E-state index is 0.194. The molecule has 1 fully saturated rings. The van der Waals surface area contributed by atoms with Crippen LogP contribution in [0.2, 0.25) is 0 Å². The first-order valence-corrected chi connectivity index (χ1v) is 6.82. The number of carbonyl (C=O) groups is 1. The molecule has 0 radical (unpaired) electrons. The number of hydrogen-bond acceptors (Lipinski definition) is 3. The van der Waals surface area contributed by atoms with Gasteiger partial charge in [-0.05, 0) is 6.42 Å². The van der Waals surface area contributed by atoms with Crippen molar-refractivity contribution in [2.24, 2.45) is 0 Å². The minimum absolute atomic E-state index is 0.194. The van der Waals surface area contributed by atoms with Gasteiger partial charge in [0, 0.05) is 31.1 Å². The maximum Gasteiger partial charge on any atom is 0.164 e. The van der Waals surface area contributed by atoms with Gasteiger partial charge in [-0.2, -0.15) is 0 Å². The molecule has 0 aliphatic carbocycles. The van der Waals surface area contributed by atoms with E-state index in [9.17, 15) is 4.79 Å². The summed E-state index contributed by atoms with van der Waals surface area (Å²) in [6.07, 6.45) is 3.41. The first kappa shape index (κ1) is 14.0. The molecule has 1 aromatic carbocycles. The SMILES string of the molecule is C=CCCN1CCOC[C@@H]1CC(=O)c1ccccc1. The van der Waals surface area contributed by atoms with Gasteiger partial charge in [0.1, 0.15) is 0 Å². The van der Waals surface area contributed by atoms with E-state index in [-0.39, 0.29) is 11.8 Å². The van der Waals surface area contributed by atoms with Crippen LogP contribution in [0.25, 0.3) is 0 Å². The van der Waals surface area contributed by atoms with Gasteiger partial charge in [0.05, 0.1) is 13.2 Å². The molecule has 0 unspecified atom stereocenters. The third-order valence-corrected chi connectivity index (χ3v) is 3.49. The lowest BCUT2D eigenvalue weighted by molar-refractivity contribution is -0.00765. The smallest absolute Gasteiger partial charge is 0.164 e. The van der Waals surface area contributed by atoms with Crippen LogP contribution in [-0.2, 0) is 4.74 Å². The number of ether oxygens (including phenoxy) is 1. The number of ketones is 1. The molecule has 19 heavy (non-hydrogen) atoms. The Labute approximate surface area is 114 Å². The highest BCUT2D eigenvalue weighted by molar-refractivity contribution is 5.96. The van der Waals surface area contributed by atoms with E-state index in [2.05, 4.69) is 11.5 Å². The normalized spacial score (nSPS) is 20.1. The van der Waals surface area contributed by atoms with Crippen LogP contribution < -0.4 is 0 Å². The Morgan fingerprint density at radius 1 is 1.42 bits per heavy atom. The number of rotatable bonds is 6. The third-order valence-electron chi connectivity index (χ3n) is 3.49. The molecule has 102 valence electrons. The zero-order valence-electron chi connectivity index (χ0n) is 11.3. The summed E-state index contributed by atoms with van der Waals surface area (Å²) in [4.78, 5) is 14.6. The van der Waals surface area contributed by atoms with E-state index in [0.29, 0.717) is 13.0 Å². The van der Waals surface area contributed by atoms with Crippen LogP contribution in [0.5, 0.6) is 0 Å². The van der Waals surface area contributed by atoms with Crippen LogP contribution in [0.15, 0.2) is 43.0 Å². The second-order valence-electron chi connectivity index (χ2n) is 4.84. The zero-order chi connectivity index (χ0) is 13.5. The van der Waals surface area contributed by atoms with Crippen LogP contribution >= 0.6 is 0 Å². The molecule has 3 heteroatoms. The fourth-order valence-electron chi connectivity index (χ4n) is 2.38. The van der Waals surface area contributed by atoms with Crippen LogP contribution in [0, 0.1) is 0 Å². The fraction of sp³-hybridized carbons (Fsp3) is 0.438. The average Bonchev–Trinajstić information content (AvgIpc) is 2.47. The third kappa shape index (κ3) is 4.01. The summed E-state index contributed by atoms with van der Waals surface area (Å²) >= 11 is 0. The monoisotopic (exact) mass is 259 g/mol. The molecule has 2 rings (SSSR count). The molecule has 0 saturated carbocycles. The van der Waals surface area contributed by atoms with Crippen LogP contribution in [0.3, 0.4) is 0 Å². The van der Waals surface area contributed by atoms with Crippen LogP contribution in [-0.4, -0.2) is 43.0 Å². The van der Waals surface area contributed by atoms with Crippen molar-refractivity contribution < 1.29 is 9.53 Å². The summed E-state index contributed by atoms with van der Waals surface area (Å²) in [6.45, 7) is 7.02. The zero-order valence-corrected chi connectivity index (χ0v) is 11.3. The fourth-order valence-corrected chi connectivity index (χ4v) is 2.38. The van der Waals surface area contributed by atoms with Crippen molar-refractivity contribution >= 4 is 5.78 Å². The minimum Gasteiger partial charge on any atom is -0.378 e. The molecule has 1 saturated heterocycles. The molecule has 0 amide bonds. The number of benzene rings is 1. The Hall–Kier alpha value is -1.45. The van der Waals surface area contributed by atoms with E-state index in [1.54, 1.807) is 0 Å². The quantitative estimate of drug-likeness (QED) is 0.581. The lowest BCUT2D eigenvalue weighted by Crippen LogP contribution is -2.46. The first-order chi connectivity index (χ1) is 9.31. The van der Waals surface area contributed by atoms with E-state index < -0.39 is 0 Å². The molecule has 1 heterocycles. The van der Waals surface area contributed by atoms with Crippen molar-refractivity contribution in [1.29, 1.82) is 0 Å². The van der Waals surface area contributed by atoms with Gasteiger partial charge in [-0.15, -0.1) is 6.58 Å². The number of morpholine rings is 1. The maximum absolute atomic E-state index is 12.2. The molecule has 0 aromatic heterocycles. The summed E-state index contributed by atoms with van der Waals surface area (Å²) in [5.74, 6) is 0.194. The molecule has 0 N–H and O–H groups in total. The van der Waals surface area contributed by atoms with E-state index in [4.69, 9.17) is 4.74 Å². The summed E-state index contributed by atoms with van der Waals surface area (Å²) in [5.41, 5.74) is 0.789. The van der Waals surface area contributed by atoms with Crippen LogP contribution in [0.1, 0.15) is 23.2 Å². The van der Waals surface area contributed by atoms with Gasteiger partial charge in [0.25, 0.3) is 0 Å². The summed E-state index contributed by atoms with van der Waals surface area (Å²) in [7, 11) is 0. The van der Waals surface area contributed by atoms with Crippen molar-refractivity contribution in [3.8, 4) is 0 Å². The molecule has 1 atom stereocenters. The molecule has 0 spiro atoms. The summed E-state index contributed by atoms with van der Waals surface area (Å²) in [6, 6.07) is 9.68. The highest BCUT2D eigenvalue weighted by Crippen LogP contribution is 2.14. The molecular formula is C16H21NO2. The first-order valence-electron chi connectivity index (χ1n) is 6.82. The average molecular weight is 259 g/mol. The number of nitrogens with zero attached hydrogens (tertiary/aromatic N) is 1. The van der Waals surface area contributed by atoms with Crippen molar-refractivity contribution in [2.75, 3.05) is 26.3 Å². The number of Topliss-reactive ketones (excluding diaryl/α,β-unsaturated/α-hetero) is 1. The topological polar surface area (TPSA) is 29.5 Å². The van der Waals surface area contributed by atoms with Gasteiger partial charge in [0.15, 0.2) is 5.78 Å². The van der Waals surface area contributed by atoms with E-state index in [1.807, 2.05) is 36.4 Å². The van der Waals surface area contributed by atoms with Gasteiger partial charge in [-0.25, -0.2) is 0 Å². The second-order valence-corrected chi connectivity index (χ2v) is 4.84. The Bertz CT molecular complexity index is 416. The predicted octanol–water partition coefficient (Wildman–Crippen LogP) is 2.54. The Morgan fingerprint density at radius 3 is 2.95 bits per heavy atom. The van der Waals surface area contributed by atoms with Crippen molar-refractivity contribution in [2.45, 2.75) is 18.9 Å². The number of carbonyl (C=O) groups excluding carboxylic acids is 1. The summed E-state index contributed by atoms with van der Waals surface area (Å²) in [5, 5.41) is 0. The van der Waals surface area contributed by atoms with Crippen LogP contribution in [0.4, 0.5) is 0 Å². The van der Waals surface area contributed by atoms with E-state index in [0.717, 1.165) is 31.7 Å². The number of hydrogen-bond donors (Lipinski definition) is 0. The standard InChI is InChI=1S/C16H21NO2/c1-2-3-9-17-10-11-19-13-15(17)12-16(18)14-7-5-4-6-8-14/h2,4-8,15H,1,3,9-13H2/t15-/m0/s1. The van der Waals surface area contributed by atoms with Crippen molar-refractivity contribution in [3.63, 3.8) is 0 Å². The molecule has 0 bridgehead atoms. The maximum atomic E-state index is 12.2. The molecule has 3 nitrogen and oxygen atoms in total. The molecule has 1 aliphatic rings. The van der Waals surface area contributed by atoms with Crippen molar-refractivity contribution in [1.82, 2.24) is 4.90 Å².